The third kappa shape index (κ3) is 2.76. The van der Waals surface area contributed by atoms with Crippen LogP contribution in [0.25, 0.3) is 6.08 Å². The molecule has 1 heterocycles. The van der Waals surface area contributed by atoms with Gasteiger partial charge in [0.05, 0.1) is 16.4 Å². The summed E-state index contributed by atoms with van der Waals surface area (Å²) in [6, 6.07) is 7.55. The van der Waals surface area contributed by atoms with Gasteiger partial charge in [-0.25, -0.2) is 0 Å². The summed E-state index contributed by atoms with van der Waals surface area (Å²) in [5, 5.41) is 4.09. The van der Waals surface area contributed by atoms with Crippen molar-refractivity contribution in [1.29, 1.82) is 0 Å². The first-order valence-corrected chi connectivity index (χ1v) is 6.34. The van der Waals surface area contributed by atoms with Crippen molar-refractivity contribution >= 4 is 27.8 Å². The smallest absolute Gasteiger partial charge is 0.185 e. The number of nitrogens with zero attached hydrogens (tertiary/aromatic N) is 2. The number of aromatic nitrogens is 2. The van der Waals surface area contributed by atoms with Gasteiger partial charge < -0.3 is 0 Å². The van der Waals surface area contributed by atoms with Crippen LogP contribution in [0.1, 0.15) is 21.6 Å². The van der Waals surface area contributed by atoms with Crippen LogP contribution < -0.4 is 0 Å². The summed E-state index contributed by atoms with van der Waals surface area (Å²) >= 11 is 3.39. The van der Waals surface area contributed by atoms with Crippen molar-refractivity contribution in [3.63, 3.8) is 0 Å². The fourth-order valence-electron chi connectivity index (χ4n) is 1.66. The summed E-state index contributed by atoms with van der Waals surface area (Å²) in [5.41, 5.74) is 2.65. The lowest BCUT2D eigenvalue weighted by molar-refractivity contribution is 0.104. The lowest BCUT2D eigenvalue weighted by Gasteiger charge is -1.98. The average molecular weight is 305 g/mol. The van der Waals surface area contributed by atoms with Gasteiger partial charge in [0, 0.05) is 12.6 Å². The van der Waals surface area contributed by atoms with E-state index in [1.54, 1.807) is 23.0 Å². The topological polar surface area (TPSA) is 34.9 Å². The molecule has 0 atom stereocenters. The quantitative estimate of drug-likeness (QED) is 0.643. The maximum absolute atomic E-state index is 12.0. The van der Waals surface area contributed by atoms with Crippen molar-refractivity contribution in [2.24, 2.45) is 7.05 Å². The van der Waals surface area contributed by atoms with E-state index in [2.05, 4.69) is 21.0 Å². The van der Waals surface area contributed by atoms with Crippen molar-refractivity contribution in [2.75, 3.05) is 0 Å². The van der Waals surface area contributed by atoms with Crippen LogP contribution in [-0.4, -0.2) is 15.6 Å². The number of allylic oxidation sites excluding steroid dienone is 1. The molecule has 0 saturated carbocycles. The van der Waals surface area contributed by atoms with Crippen LogP contribution in [0.4, 0.5) is 0 Å². The molecule has 0 spiro atoms. The van der Waals surface area contributed by atoms with Crippen LogP contribution in [0.3, 0.4) is 0 Å². The summed E-state index contributed by atoms with van der Waals surface area (Å²) in [4.78, 5) is 12.0. The number of rotatable bonds is 3. The molecule has 0 aliphatic heterocycles. The summed E-state index contributed by atoms with van der Waals surface area (Å²) in [6.07, 6.45) is 5.04. The van der Waals surface area contributed by atoms with E-state index >= 15 is 0 Å². The Hall–Kier alpha value is -1.68. The van der Waals surface area contributed by atoms with Crippen LogP contribution in [0.2, 0.25) is 0 Å². The van der Waals surface area contributed by atoms with Gasteiger partial charge in [-0.05, 0) is 41.1 Å². The molecule has 92 valence electrons. The molecule has 2 rings (SSSR count). The number of ketones is 1. The van der Waals surface area contributed by atoms with E-state index < -0.39 is 0 Å². The van der Waals surface area contributed by atoms with E-state index in [4.69, 9.17) is 0 Å². The Morgan fingerprint density at radius 2 is 2.22 bits per heavy atom. The number of aryl methyl sites for hydroxylation is 2. The van der Waals surface area contributed by atoms with Gasteiger partial charge in [0.15, 0.2) is 5.78 Å². The van der Waals surface area contributed by atoms with Gasteiger partial charge >= 0.3 is 0 Å². The monoisotopic (exact) mass is 304 g/mol. The molecular formula is C14H13BrN2O. The van der Waals surface area contributed by atoms with Crippen molar-refractivity contribution in [2.45, 2.75) is 6.92 Å². The molecule has 0 aliphatic carbocycles. The average Bonchev–Trinajstić information content (AvgIpc) is 2.66. The molecule has 0 radical (unpaired) electrons. The Morgan fingerprint density at radius 3 is 2.83 bits per heavy atom. The number of benzene rings is 1. The van der Waals surface area contributed by atoms with Gasteiger partial charge in [-0.3, -0.25) is 9.48 Å². The third-order valence-electron chi connectivity index (χ3n) is 2.63. The molecule has 0 N–H and O–H groups in total. The predicted octanol–water partition coefficient (Wildman–Crippen LogP) is 3.39. The Kier molecular flexibility index (Phi) is 3.77. The first-order chi connectivity index (χ1) is 8.58. The van der Waals surface area contributed by atoms with Gasteiger partial charge in [0.25, 0.3) is 0 Å². The number of carbonyl (C=O) groups is 1. The molecule has 4 heteroatoms. The van der Waals surface area contributed by atoms with Crippen molar-refractivity contribution < 1.29 is 4.79 Å². The third-order valence-corrected chi connectivity index (χ3v) is 3.24. The van der Waals surface area contributed by atoms with Crippen LogP contribution >= 0.6 is 15.9 Å². The standard InChI is InChI=1S/C14H13BrN2O/c1-10-4-3-5-11(8-10)14(18)7-6-13-12(15)9-16-17(13)2/h3-9H,1-2H3/b7-6+. The molecule has 1 aromatic carbocycles. The zero-order valence-electron chi connectivity index (χ0n) is 10.2. The predicted molar refractivity (Wildman–Crippen MR) is 75.5 cm³/mol. The van der Waals surface area contributed by atoms with Gasteiger partial charge in [0.1, 0.15) is 0 Å². The molecule has 0 amide bonds. The number of carbonyl (C=O) groups excluding carboxylic acids is 1. The number of hydrogen-bond donors (Lipinski definition) is 0. The van der Waals surface area contributed by atoms with E-state index in [-0.39, 0.29) is 5.78 Å². The van der Waals surface area contributed by atoms with Gasteiger partial charge in [-0.15, -0.1) is 0 Å². The van der Waals surface area contributed by atoms with Crippen molar-refractivity contribution in [1.82, 2.24) is 9.78 Å². The van der Waals surface area contributed by atoms with Crippen molar-refractivity contribution in [3.05, 3.63) is 57.8 Å². The van der Waals surface area contributed by atoms with Gasteiger partial charge in [0.2, 0.25) is 0 Å². The highest BCUT2D eigenvalue weighted by molar-refractivity contribution is 9.10. The number of hydrogen-bond acceptors (Lipinski definition) is 2. The maximum Gasteiger partial charge on any atom is 0.185 e. The Labute approximate surface area is 114 Å². The lowest BCUT2D eigenvalue weighted by atomic mass is 10.1. The zero-order chi connectivity index (χ0) is 13.1. The lowest BCUT2D eigenvalue weighted by Crippen LogP contribution is -1.96. The van der Waals surface area contributed by atoms with Gasteiger partial charge in [-0.1, -0.05) is 23.8 Å². The van der Waals surface area contributed by atoms with E-state index in [0.717, 1.165) is 15.7 Å². The fourth-order valence-corrected chi connectivity index (χ4v) is 2.14. The summed E-state index contributed by atoms with van der Waals surface area (Å²) < 4.78 is 2.59. The minimum Gasteiger partial charge on any atom is -0.289 e. The summed E-state index contributed by atoms with van der Waals surface area (Å²) in [5.74, 6) is -0.00759. The Morgan fingerprint density at radius 1 is 1.44 bits per heavy atom. The Bertz CT molecular complexity index is 595. The second-order valence-electron chi connectivity index (χ2n) is 4.07. The second kappa shape index (κ2) is 5.31. The molecule has 0 fully saturated rings. The fraction of sp³-hybridized carbons (Fsp3) is 0.143. The molecular weight excluding hydrogens is 292 g/mol. The maximum atomic E-state index is 12.0. The molecule has 2 aromatic rings. The molecule has 0 saturated heterocycles. The minimum atomic E-state index is -0.00759. The minimum absolute atomic E-state index is 0.00759. The van der Waals surface area contributed by atoms with Crippen LogP contribution in [0, 0.1) is 6.92 Å². The highest BCUT2D eigenvalue weighted by Crippen LogP contribution is 2.17. The largest absolute Gasteiger partial charge is 0.289 e. The highest BCUT2D eigenvalue weighted by atomic mass is 79.9. The summed E-state index contributed by atoms with van der Waals surface area (Å²) in [7, 11) is 1.83. The van der Waals surface area contributed by atoms with Crippen molar-refractivity contribution in [3.8, 4) is 0 Å². The van der Waals surface area contributed by atoms with Crippen LogP contribution in [0.5, 0.6) is 0 Å². The summed E-state index contributed by atoms with van der Waals surface area (Å²) in [6.45, 7) is 1.97. The van der Waals surface area contributed by atoms with Crippen LogP contribution in [0.15, 0.2) is 41.0 Å². The first kappa shape index (κ1) is 12.8. The van der Waals surface area contributed by atoms with Crippen LogP contribution in [-0.2, 0) is 7.05 Å². The Balaban J connectivity index is 2.22. The molecule has 1 aromatic heterocycles. The molecule has 0 bridgehead atoms. The zero-order valence-corrected chi connectivity index (χ0v) is 11.8. The normalized spacial score (nSPS) is 11.1. The van der Waals surface area contributed by atoms with E-state index in [0.29, 0.717) is 5.56 Å². The first-order valence-electron chi connectivity index (χ1n) is 5.54. The molecule has 3 nitrogen and oxygen atoms in total. The molecule has 0 unspecified atom stereocenters. The molecule has 0 aliphatic rings. The number of halogens is 1. The second-order valence-corrected chi connectivity index (χ2v) is 4.92. The highest BCUT2D eigenvalue weighted by Gasteiger charge is 2.04. The van der Waals surface area contributed by atoms with Gasteiger partial charge in [-0.2, -0.15) is 5.10 Å². The SMILES string of the molecule is Cc1cccc(C(=O)/C=C/c2c(Br)cnn2C)c1. The van der Waals surface area contributed by atoms with E-state index in [1.165, 1.54) is 0 Å². The molecule has 18 heavy (non-hydrogen) atoms. The van der Waals surface area contributed by atoms with E-state index in [1.807, 2.05) is 38.2 Å². The van der Waals surface area contributed by atoms with E-state index in [9.17, 15) is 4.79 Å².